The maximum Gasteiger partial charge on any atom is 0.323 e. The molecule has 2 unspecified atom stereocenters. The Morgan fingerprint density at radius 1 is 1.53 bits per heavy atom. The van der Waals surface area contributed by atoms with Crippen LogP contribution in [0.25, 0.3) is 0 Å². The second-order valence-corrected chi connectivity index (χ2v) is 5.43. The van der Waals surface area contributed by atoms with Gasteiger partial charge in [0.2, 0.25) is 5.13 Å². The SMILES string of the molecule is Cc1nsc(NC(=O)N2CCC(C(=O)O)CC2C)n1. The number of nitrogens with zero attached hydrogens (tertiary/aromatic N) is 3. The minimum atomic E-state index is -0.786. The number of aryl methyl sites for hydroxylation is 1. The molecule has 104 valence electrons. The van der Waals surface area contributed by atoms with E-state index in [1.54, 1.807) is 11.8 Å². The van der Waals surface area contributed by atoms with Gasteiger partial charge in [-0.1, -0.05) is 0 Å². The van der Waals surface area contributed by atoms with Gasteiger partial charge in [-0.25, -0.2) is 9.78 Å². The van der Waals surface area contributed by atoms with Crippen LogP contribution in [0.3, 0.4) is 0 Å². The van der Waals surface area contributed by atoms with Crippen LogP contribution in [0.1, 0.15) is 25.6 Å². The largest absolute Gasteiger partial charge is 0.481 e. The van der Waals surface area contributed by atoms with E-state index in [4.69, 9.17) is 5.11 Å². The van der Waals surface area contributed by atoms with Gasteiger partial charge < -0.3 is 10.0 Å². The monoisotopic (exact) mass is 284 g/mol. The summed E-state index contributed by atoms with van der Waals surface area (Å²) in [5.74, 6) is -0.521. The molecule has 1 aliphatic heterocycles. The van der Waals surface area contributed by atoms with Gasteiger partial charge in [-0.05, 0) is 26.7 Å². The highest BCUT2D eigenvalue weighted by atomic mass is 32.1. The summed E-state index contributed by atoms with van der Waals surface area (Å²) in [4.78, 5) is 28.7. The third kappa shape index (κ3) is 3.19. The fraction of sp³-hybridized carbons (Fsp3) is 0.636. The third-order valence-electron chi connectivity index (χ3n) is 3.23. The molecule has 1 aliphatic rings. The van der Waals surface area contributed by atoms with E-state index in [1.165, 1.54) is 0 Å². The molecular formula is C11H16N4O3S. The summed E-state index contributed by atoms with van der Waals surface area (Å²) in [6, 6.07) is -0.337. The highest BCUT2D eigenvalue weighted by Gasteiger charge is 2.32. The van der Waals surface area contributed by atoms with Crippen molar-refractivity contribution in [1.29, 1.82) is 0 Å². The van der Waals surface area contributed by atoms with E-state index < -0.39 is 5.97 Å². The van der Waals surface area contributed by atoms with E-state index in [-0.39, 0.29) is 18.0 Å². The van der Waals surface area contributed by atoms with Crippen molar-refractivity contribution in [3.63, 3.8) is 0 Å². The van der Waals surface area contributed by atoms with Gasteiger partial charge in [-0.3, -0.25) is 10.1 Å². The van der Waals surface area contributed by atoms with Crippen molar-refractivity contribution in [3.8, 4) is 0 Å². The first-order valence-electron chi connectivity index (χ1n) is 6.08. The van der Waals surface area contributed by atoms with Crippen LogP contribution in [0, 0.1) is 12.8 Å². The normalized spacial score (nSPS) is 23.2. The summed E-state index contributed by atoms with van der Waals surface area (Å²) in [7, 11) is 0. The number of anilines is 1. The van der Waals surface area contributed by atoms with Crippen molar-refractivity contribution in [1.82, 2.24) is 14.3 Å². The minimum absolute atomic E-state index is 0.0936. The maximum atomic E-state index is 12.1. The molecule has 1 aromatic rings. The molecule has 1 aromatic heterocycles. The van der Waals surface area contributed by atoms with E-state index in [2.05, 4.69) is 14.7 Å². The molecule has 2 heterocycles. The van der Waals surface area contributed by atoms with Gasteiger partial charge in [0, 0.05) is 24.1 Å². The molecule has 2 amide bonds. The summed E-state index contributed by atoms with van der Waals surface area (Å²) in [5.41, 5.74) is 0. The number of carboxylic acid groups (broad SMARTS) is 1. The second kappa shape index (κ2) is 5.52. The molecule has 2 N–H and O–H groups in total. The van der Waals surface area contributed by atoms with Crippen LogP contribution < -0.4 is 5.32 Å². The highest BCUT2D eigenvalue weighted by molar-refractivity contribution is 7.09. The van der Waals surface area contributed by atoms with Crippen LogP contribution in [-0.4, -0.2) is 44.0 Å². The quantitative estimate of drug-likeness (QED) is 0.859. The summed E-state index contributed by atoms with van der Waals surface area (Å²) < 4.78 is 3.99. The molecule has 0 bridgehead atoms. The first-order chi connectivity index (χ1) is 8.97. The molecule has 8 heteroatoms. The predicted octanol–water partition coefficient (Wildman–Crippen LogP) is 1.56. The third-order valence-corrected chi connectivity index (χ3v) is 3.95. The lowest BCUT2D eigenvalue weighted by Gasteiger charge is -2.35. The summed E-state index contributed by atoms with van der Waals surface area (Å²) in [6.45, 7) is 4.06. The number of urea groups is 1. The molecule has 0 saturated carbocycles. The standard InChI is InChI=1S/C11H16N4O3S/c1-6-5-8(9(16)17)3-4-15(6)11(18)13-10-12-7(2)14-19-10/h6,8H,3-5H2,1-2H3,(H,16,17)(H,12,13,14,18). The Balaban J connectivity index is 1.95. The summed E-state index contributed by atoms with van der Waals surface area (Å²) in [6.07, 6.45) is 0.972. The molecule has 0 spiro atoms. The van der Waals surface area contributed by atoms with E-state index in [0.717, 1.165) is 11.5 Å². The smallest absolute Gasteiger partial charge is 0.323 e. The molecule has 0 aromatic carbocycles. The number of amides is 2. The first kappa shape index (κ1) is 13.7. The molecule has 19 heavy (non-hydrogen) atoms. The Morgan fingerprint density at radius 2 is 2.26 bits per heavy atom. The predicted molar refractivity (Wildman–Crippen MR) is 70.2 cm³/mol. The first-order valence-corrected chi connectivity index (χ1v) is 6.85. The van der Waals surface area contributed by atoms with E-state index in [0.29, 0.717) is 30.3 Å². The lowest BCUT2D eigenvalue weighted by Crippen LogP contribution is -2.47. The number of hydrogen-bond acceptors (Lipinski definition) is 5. The zero-order chi connectivity index (χ0) is 14.0. The zero-order valence-electron chi connectivity index (χ0n) is 10.8. The van der Waals surface area contributed by atoms with Crippen LogP contribution >= 0.6 is 11.5 Å². The van der Waals surface area contributed by atoms with Gasteiger partial charge in [-0.2, -0.15) is 4.37 Å². The molecule has 7 nitrogen and oxygen atoms in total. The number of piperidine rings is 1. The van der Waals surface area contributed by atoms with Gasteiger partial charge >= 0.3 is 12.0 Å². The zero-order valence-corrected chi connectivity index (χ0v) is 11.6. The number of aromatic nitrogens is 2. The van der Waals surface area contributed by atoms with Gasteiger partial charge in [0.1, 0.15) is 5.82 Å². The van der Waals surface area contributed by atoms with Crippen LogP contribution in [-0.2, 0) is 4.79 Å². The summed E-state index contributed by atoms with van der Waals surface area (Å²) >= 11 is 1.13. The molecule has 2 rings (SSSR count). The number of carbonyl (C=O) groups is 2. The molecule has 2 atom stereocenters. The number of carboxylic acids is 1. The molecule has 0 aliphatic carbocycles. The lowest BCUT2D eigenvalue weighted by atomic mass is 9.92. The molecule has 0 radical (unpaired) electrons. The van der Waals surface area contributed by atoms with Gasteiger partial charge in [0.25, 0.3) is 0 Å². The van der Waals surface area contributed by atoms with Crippen molar-refractivity contribution in [2.45, 2.75) is 32.7 Å². The van der Waals surface area contributed by atoms with Crippen molar-refractivity contribution >= 4 is 28.7 Å². The van der Waals surface area contributed by atoms with Crippen LogP contribution in [0.15, 0.2) is 0 Å². The molecular weight excluding hydrogens is 268 g/mol. The Labute approximate surface area is 114 Å². The highest BCUT2D eigenvalue weighted by Crippen LogP contribution is 2.24. The van der Waals surface area contributed by atoms with E-state index in [1.807, 2.05) is 6.92 Å². The molecule has 1 fully saturated rings. The fourth-order valence-electron chi connectivity index (χ4n) is 2.21. The Morgan fingerprint density at radius 3 is 2.79 bits per heavy atom. The van der Waals surface area contributed by atoms with E-state index in [9.17, 15) is 9.59 Å². The van der Waals surface area contributed by atoms with Gasteiger partial charge in [0.15, 0.2) is 0 Å². The minimum Gasteiger partial charge on any atom is -0.481 e. The Kier molecular flexibility index (Phi) is 3.98. The number of hydrogen-bond donors (Lipinski definition) is 2. The van der Waals surface area contributed by atoms with Crippen molar-refractivity contribution in [3.05, 3.63) is 5.82 Å². The number of likely N-dealkylation sites (tertiary alicyclic amines) is 1. The molecule has 1 saturated heterocycles. The Bertz CT molecular complexity index is 490. The maximum absolute atomic E-state index is 12.1. The van der Waals surface area contributed by atoms with Gasteiger partial charge in [-0.15, -0.1) is 0 Å². The Hall–Kier alpha value is -1.70. The number of rotatable bonds is 2. The van der Waals surface area contributed by atoms with Crippen LogP contribution in [0.5, 0.6) is 0 Å². The lowest BCUT2D eigenvalue weighted by molar-refractivity contribution is -0.143. The number of carbonyl (C=O) groups excluding carboxylic acids is 1. The van der Waals surface area contributed by atoms with Crippen molar-refractivity contribution in [2.75, 3.05) is 11.9 Å². The average Bonchev–Trinajstić information content (AvgIpc) is 2.74. The topological polar surface area (TPSA) is 95.4 Å². The van der Waals surface area contributed by atoms with Crippen molar-refractivity contribution < 1.29 is 14.7 Å². The van der Waals surface area contributed by atoms with Crippen LogP contribution in [0.4, 0.5) is 9.93 Å². The number of aliphatic carboxylic acids is 1. The van der Waals surface area contributed by atoms with Crippen LogP contribution in [0.2, 0.25) is 0 Å². The number of nitrogens with one attached hydrogen (secondary N) is 1. The van der Waals surface area contributed by atoms with E-state index >= 15 is 0 Å². The van der Waals surface area contributed by atoms with Gasteiger partial charge in [0.05, 0.1) is 5.92 Å². The summed E-state index contributed by atoms with van der Waals surface area (Å²) in [5, 5.41) is 12.1. The fourth-order valence-corrected chi connectivity index (χ4v) is 2.77. The second-order valence-electron chi connectivity index (χ2n) is 4.68. The average molecular weight is 284 g/mol. The van der Waals surface area contributed by atoms with Crippen molar-refractivity contribution in [2.24, 2.45) is 5.92 Å².